The number of carbonyl (C=O) groups excluding carboxylic acids is 3. The first-order chi connectivity index (χ1) is 18.9. The highest BCUT2D eigenvalue weighted by Crippen LogP contribution is 2.23. The van der Waals surface area contributed by atoms with Crippen LogP contribution in [0.5, 0.6) is 0 Å². The van der Waals surface area contributed by atoms with Crippen LogP contribution >= 0.6 is 21.6 Å². The van der Waals surface area contributed by atoms with E-state index in [1.54, 1.807) is 42.6 Å². The van der Waals surface area contributed by atoms with Crippen molar-refractivity contribution in [2.24, 2.45) is 5.73 Å². The maximum atomic E-state index is 11.6. The zero-order valence-corrected chi connectivity index (χ0v) is 26.4. The van der Waals surface area contributed by atoms with Gasteiger partial charge < -0.3 is 21.7 Å². The first kappa shape index (κ1) is 37.6. The molecule has 0 rings (SSSR count). The molecule has 0 aromatic carbocycles. The van der Waals surface area contributed by atoms with Gasteiger partial charge in [-0.15, -0.1) is 0 Å². The molecule has 0 aliphatic heterocycles. The summed E-state index contributed by atoms with van der Waals surface area (Å²) in [4.78, 5) is 34.0. The lowest BCUT2D eigenvalue weighted by atomic mass is 10.1. The number of carbonyl (C=O) groups is 3. The Kier molecular flexibility index (Phi) is 27.0. The van der Waals surface area contributed by atoms with Gasteiger partial charge in [0.25, 0.3) is 0 Å². The van der Waals surface area contributed by atoms with Gasteiger partial charge >= 0.3 is 0 Å². The zero-order valence-electron chi connectivity index (χ0n) is 24.8. The van der Waals surface area contributed by atoms with Crippen LogP contribution in [0.3, 0.4) is 0 Å². The first-order valence-electron chi connectivity index (χ1n) is 14.9. The standard InChI is InChI=1S/C30H56N4O3S2/c1-26(35)34-28(21-17-13-9-5-7-11-15-19-23-30(37)33-3)25-39-38-24-27(31)20-16-12-8-4-6-10-14-18-22-29(36)32-2/h16-17,20-21,27-28H,4-15,18-19,22-25,31H2,1-3H3,(H,32,36)(H,33,37)(H,34,35)/b20-16+,21-17+/t27?,28-/m1/s1. The van der Waals surface area contributed by atoms with Crippen LogP contribution in [-0.2, 0) is 14.4 Å². The maximum absolute atomic E-state index is 11.6. The third-order valence-corrected chi connectivity index (χ3v) is 8.84. The summed E-state index contributed by atoms with van der Waals surface area (Å²) in [5.41, 5.74) is 6.23. The first-order valence-corrected chi connectivity index (χ1v) is 17.4. The van der Waals surface area contributed by atoms with Gasteiger partial charge in [-0.25, -0.2) is 0 Å². The molecular formula is C30H56N4O3S2. The van der Waals surface area contributed by atoms with E-state index in [2.05, 4.69) is 40.3 Å². The van der Waals surface area contributed by atoms with Crippen molar-refractivity contribution in [3.8, 4) is 0 Å². The molecular weight excluding hydrogens is 528 g/mol. The Labute approximate surface area is 246 Å². The number of hydrogen-bond acceptors (Lipinski definition) is 6. The summed E-state index contributed by atoms with van der Waals surface area (Å²) in [5.74, 6) is 1.94. The van der Waals surface area contributed by atoms with E-state index in [0.29, 0.717) is 12.8 Å². The smallest absolute Gasteiger partial charge is 0.219 e. The van der Waals surface area contributed by atoms with Crippen molar-refractivity contribution in [3.63, 3.8) is 0 Å². The van der Waals surface area contributed by atoms with E-state index in [1.165, 1.54) is 44.9 Å². The molecule has 1 unspecified atom stereocenters. The van der Waals surface area contributed by atoms with Crippen LogP contribution < -0.4 is 21.7 Å². The van der Waals surface area contributed by atoms with Crippen molar-refractivity contribution < 1.29 is 14.4 Å². The molecule has 9 heteroatoms. The summed E-state index contributed by atoms with van der Waals surface area (Å²) in [5, 5.41) is 8.35. The third-order valence-electron chi connectivity index (χ3n) is 6.34. The van der Waals surface area contributed by atoms with Crippen molar-refractivity contribution >= 4 is 39.3 Å². The maximum Gasteiger partial charge on any atom is 0.219 e. The van der Waals surface area contributed by atoms with Crippen LogP contribution in [0.1, 0.15) is 110 Å². The number of nitrogens with one attached hydrogen (secondary N) is 3. The zero-order chi connectivity index (χ0) is 29.0. The molecule has 0 aromatic rings. The molecule has 0 bridgehead atoms. The predicted molar refractivity (Wildman–Crippen MR) is 171 cm³/mol. The van der Waals surface area contributed by atoms with Crippen LogP contribution in [0.4, 0.5) is 0 Å². The fourth-order valence-electron chi connectivity index (χ4n) is 4.00. The van der Waals surface area contributed by atoms with Crippen molar-refractivity contribution in [1.82, 2.24) is 16.0 Å². The van der Waals surface area contributed by atoms with Gasteiger partial charge in [0.15, 0.2) is 0 Å². The van der Waals surface area contributed by atoms with Gasteiger partial charge in [0.2, 0.25) is 17.7 Å². The minimum atomic E-state index is -0.00414. The van der Waals surface area contributed by atoms with Crippen molar-refractivity contribution in [3.05, 3.63) is 24.3 Å². The van der Waals surface area contributed by atoms with Crippen LogP contribution in [0.15, 0.2) is 24.3 Å². The highest BCUT2D eigenvalue weighted by Gasteiger charge is 2.07. The number of rotatable bonds is 26. The van der Waals surface area contributed by atoms with E-state index >= 15 is 0 Å². The minimum absolute atomic E-state index is 0.00414. The number of unbranched alkanes of at least 4 members (excludes halogenated alkanes) is 12. The van der Waals surface area contributed by atoms with Crippen LogP contribution in [-0.4, -0.2) is 55.4 Å². The highest BCUT2D eigenvalue weighted by molar-refractivity contribution is 8.76. The van der Waals surface area contributed by atoms with E-state index < -0.39 is 0 Å². The fraction of sp³-hybridized carbons (Fsp3) is 0.767. The molecule has 7 nitrogen and oxygen atoms in total. The van der Waals surface area contributed by atoms with Crippen molar-refractivity contribution in [2.45, 2.75) is 122 Å². The second-order valence-electron chi connectivity index (χ2n) is 10.1. The predicted octanol–water partition coefficient (Wildman–Crippen LogP) is 6.05. The van der Waals surface area contributed by atoms with Crippen molar-refractivity contribution in [2.75, 3.05) is 25.6 Å². The van der Waals surface area contributed by atoms with E-state index in [4.69, 9.17) is 5.73 Å². The molecule has 2 atom stereocenters. The lowest BCUT2D eigenvalue weighted by Crippen LogP contribution is -2.33. The largest absolute Gasteiger partial charge is 0.359 e. The van der Waals surface area contributed by atoms with E-state index in [9.17, 15) is 14.4 Å². The molecule has 5 N–H and O–H groups in total. The Balaban J connectivity index is 3.83. The van der Waals surface area contributed by atoms with Gasteiger partial charge in [0, 0.05) is 51.4 Å². The van der Waals surface area contributed by atoms with E-state index in [-0.39, 0.29) is 29.8 Å². The van der Waals surface area contributed by atoms with Gasteiger partial charge in [-0.2, -0.15) is 0 Å². The molecule has 0 spiro atoms. The Hall–Kier alpha value is -1.45. The van der Waals surface area contributed by atoms with Gasteiger partial charge in [-0.1, -0.05) is 97.3 Å². The van der Waals surface area contributed by atoms with Gasteiger partial charge in [-0.3, -0.25) is 14.4 Å². The Morgan fingerprint density at radius 3 is 1.59 bits per heavy atom. The third kappa shape index (κ3) is 27.9. The minimum Gasteiger partial charge on any atom is -0.359 e. The molecule has 0 saturated carbocycles. The molecule has 3 amide bonds. The summed E-state index contributed by atoms with van der Waals surface area (Å²) in [6.45, 7) is 1.57. The highest BCUT2D eigenvalue weighted by atomic mass is 33.1. The quantitative estimate of drug-likeness (QED) is 0.0560. The SMILES string of the molecule is CNC(=O)CCCCCCCC/C=C/C(N)CSSC[C@@H](/C=C/CCCCCCCCC(=O)NC)NC(C)=O. The second kappa shape index (κ2) is 28.1. The molecule has 0 saturated heterocycles. The monoisotopic (exact) mass is 584 g/mol. The lowest BCUT2D eigenvalue weighted by Gasteiger charge is -2.14. The van der Waals surface area contributed by atoms with Gasteiger partial charge in [0.1, 0.15) is 0 Å². The summed E-state index contributed by atoms with van der Waals surface area (Å²) in [6, 6.07) is 0.0889. The van der Waals surface area contributed by atoms with Crippen LogP contribution in [0.25, 0.3) is 0 Å². The number of amides is 3. The summed E-state index contributed by atoms with van der Waals surface area (Å²) in [6.07, 6.45) is 25.8. The Morgan fingerprint density at radius 1 is 0.667 bits per heavy atom. The summed E-state index contributed by atoms with van der Waals surface area (Å²) < 4.78 is 0. The molecule has 0 aliphatic rings. The summed E-state index contributed by atoms with van der Waals surface area (Å²) in [7, 11) is 6.89. The Morgan fingerprint density at radius 2 is 1.10 bits per heavy atom. The number of hydrogen-bond donors (Lipinski definition) is 4. The second-order valence-corrected chi connectivity index (χ2v) is 12.6. The van der Waals surface area contributed by atoms with E-state index in [1.807, 2.05) is 0 Å². The lowest BCUT2D eigenvalue weighted by molar-refractivity contribution is -0.121. The number of nitrogens with two attached hydrogens (primary N) is 1. The van der Waals surface area contributed by atoms with Crippen LogP contribution in [0, 0.1) is 0 Å². The normalized spacial score (nSPS) is 13.0. The molecule has 0 heterocycles. The fourth-order valence-corrected chi connectivity index (χ4v) is 6.29. The van der Waals surface area contributed by atoms with E-state index in [0.717, 1.165) is 56.5 Å². The average molecular weight is 585 g/mol. The summed E-state index contributed by atoms with van der Waals surface area (Å²) >= 11 is 0. The topological polar surface area (TPSA) is 113 Å². The van der Waals surface area contributed by atoms with Crippen molar-refractivity contribution in [1.29, 1.82) is 0 Å². The van der Waals surface area contributed by atoms with Gasteiger partial charge in [0.05, 0.1) is 6.04 Å². The molecule has 0 aliphatic carbocycles. The molecule has 0 aromatic heterocycles. The van der Waals surface area contributed by atoms with Gasteiger partial charge in [-0.05, 0) is 38.5 Å². The molecule has 39 heavy (non-hydrogen) atoms. The average Bonchev–Trinajstić information content (AvgIpc) is 2.92. The Bertz CT molecular complexity index is 689. The molecule has 0 radical (unpaired) electrons. The molecule has 226 valence electrons. The number of allylic oxidation sites excluding steroid dienone is 2. The van der Waals surface area contributed by atoms with Crippen LogP contribution in [0.2, 0.25) is 0 Å². The molecule has 0 fully saturated rings.